The van der Waals surface area contributed by atoms with Crippen molar-refractivity contribution in [2.45, 2.75) is 26.4 Å². The molecule has 0 saturated carbocycles. The zero-order valence-corrected chi connectivity index (χ0v) is 21.1. The van der Waals surface area contributed by atoms with E-state index >= 15 is 0 Å². The number of hydrogen-bond donors (Lipinski definition) is 2. The van der Waals surface area contributed by atoms with Crippen LogP contribution >= 0.6 is 35.3 Å². The SMILES string of the molecule is CCNC(=NCc1ncc(C)s1)NCC(c1ccc(OC)c(OC)c1)N(C)C.I. The van der Waals surface area contributed by atoms with Crippen LogP contribution in [0.3, 0.4) is 0 Å². The third-order valence-corrected chi connectivity index (χ3v) is 5.16. The third-order valence-electron chi connectivity index (χ3n) is 4.26. The Labute approximate surface area is 194 Å². The predicted octanol–water partition coefficient (Wildman–Crippen LogP) is 3.44. The van der Waals surface area contributed by atoms with Crippen molar-refractivity contribution < 1.29 is 9.47 Å². The number of aliphatic imine (C=N–C) groups is 1. The van der Waals surface area contributed by atoms with Crippen LogP contribution in [0.5, 0.6) is 11.5 Å². The molecule has 1 unspecified atom stereocenters. The summed E-state index contributed by atoms with van der Waals surface area (Å²) < 4.78 is 10.8. The molecule has 0 amide bonds. The fraction of sp³-hybridized carbons (Fsp3) is 0.500. The number of rotatable bonds is 9. The van der Waals surface area contributed by atoms with E-state index in [1.807, 2.05) is 18.3 Å². The van der Waals surface area contributed by atoms with Crippen molar-refractivity contribution in [3.8, 4) is 11.5 Å². The summed E-state index contributed by atoms with van der Waals surface area (Å²) in [5, 5.41) is 7.76. The minimum atomic E-state index is 0. The Morgan fingerprint density at radius 1 is 1.21 bits per heavy atom. The number of aryl methyl sites for hydroxylation is 1. The minimum absolute atomic E-state index is 0. The van der Waals surface area contributed by atoms with Crippen molar-refractivity contribution in [1.29, 1.82) is 0 Å². The Bertz CT molecular complexity index is 782. The van der Waals surface area contributed by atoms with E-state index in [2.05, 4.69) is 59.5 Å². The highest BCUT2D eigenvalue weighted by Crippen LogP contribution is 2.31. The zero-order valence-electron chi connectivity index (χ0n) is 18.0. The molecule has 0 saturated heterocycles. The monoisotopic (exact) mass is 533 g/mol. The highest BCUT2D eigenvalue weighted by Gasteiger charge is 2.17. The lowest BCUT2D eigenvalue weighted by Gasteiger charge is -2.26. The Morgan fingerprint density at radius 2 is 1.93 bits per heavy atom. The van der Waals surface area contributed by atoms with Gasteiger partial charge in [0.2, 0.25) is 0 Å². The summed E-state index contributed by atoms with van der Waals surface area (Å²) in [5.74, 6) is 2.24. The molecular formula is C20H32IN5O2S. The van der Waals surface area contributed by atoms with Crippen LogP contribution in [0.25, 0.3) is 0 Å². The van der Waals surface area contributed by atoms with Crippen molar-refractivity contribution in [1.82, 2.24) is 20.5 Å². The summed E-state index contributed by atoms with van der Waals surface area (Å²) in [5.41, 5.74) is 1.14. The van der Waals surface area contributed by atoms with Gasteiger partial charge < -0.3 is 25.0 Å². The van der Waals surface area contributed by atoms with Crippen LogP contribution in [0, 0.1) is 6.92 Å². The maximum atomic E-state index is 5.45. The van der Waals surface area contributed by atoms with Gasteiger partial charge in [-0.15, -0.1) is 35.3 Å². The summed E-state index contributed by atoms with van der Waals surface area (Å²) in [6.07, 6.45) is 1.88. The van der Waals surface area contributed by atoms with Gasteiger partial charge >= 0.3 is 0 Å². The van der Waals surface area contributed by atoms with Crippen molar-refractivity contribution in [3.05, 3.63) is 39.8 Å². The lowest BCUT2D eigenvalue weighted by Crippen LogP contribution is -2.41. The van der Waals surface area contributed by atoms with Crippen LogP contribution in [0.2, 0.25) is 0 Å². The van der Waals surface area contributed by atoms with Crippen molar-refractivity contribution >= 4 is 41.3 Å². The average molecular weight is 533 g/mol. The molecule has 0 fully saturated rings. The number of thiazole rings is 1. The lowest BCUT2D eigenvalue weighted by atomic mass is 10.1. The van der Waals surface area contributed by atoms with Gasteiger partial charge in [-0.25, -0.2) is 9.98 Å². The van der Waals surface area contributed by atoms with Gasteiger partial charge in [0, 0.05) is 24.2 Å². The number of likely N-dealkylation sites (N-methyl/N-ethyl adjacent to an activating group) is 1. The van der Waals surface area contributed by atoms with E-state index in [0.29, 0.717) is 13.1 Å². The molecule has 162 valence electrons. The smallest absolute Gasteiger partial charge is 0.191 e. The quantitative estimate of drug-likeness (QED) is 0.293. The zero-order chi connectivity index (χ0) is 20.5. The Morgan fingerprint density at radius 3 is 2.48 bits per heavy atom. The number of nitrogens with zero attached hydrogens (tertiary/aromatic N) is 3. The lowest BCUT2D eigenvalue weighted by molar-refractivity contribution is 0.295. The number of nitrogens with one attached hydrogen (secondary N) is 2. The molecule has 2 aromatic rings. The van der Waals surface area contributed by atoms with Gasteiger partial charge in [0.25, 0.3) is 0 Å². The molecular weight excluding hydrogens is 501 g/mol. The van der Waals surface area contributed by atoms with Gasteiger partial charge in [0.1, 0.15) is 5.01 Å². The number of halogens is 1. The molecule has 9 heteroatoms. The van der Waals surface area contributed by atoms with Gasteiger partial charge in [-0.2, -0.15) is 0 Å². The van der Waals surface area contributed by atoms with Crippen LogP contribution < -0.4 is 20.1 Å². The maximum Gasteiger partial charge on any atom is 0.191 e. The molecule has 1 heterocycles. The van der Waals surface area contributed by atoms with Gasteiger partial charge in [-0.1, -0.05) is 6.07 Å². The summed E-state index contributed by atoms with van der Waals surface area (Å²) in [7, 11) is 7.42. The van der Waals surface area contributed by atoms with Crippen LogP contribution in [-0.2, 0) is 6.54 Å². The van der Waals surface area contributed by atoms with Crippen molar-refractivity contribution in [2.24, 2.45) is 4.99 Å². The standard InChI is InChI=1S/C20H31N5O2S.HI/c1-7-21-20(24-13-19-22-11-14(2)28-19)23-12-16(25(3)4)15-8-9-17(26-5)18(10-15)27-6;/h8-11,16H,7,12-13H2,1-6H3,(H2,21,23,24);1H. The van der Waals surface area contributed by atoms with Crippen molar-refractivity contribution in [2.75, 3.05) is 41.4 Å². The molecule has 0 aliphatic rings. The second-order valence-electron chi connectivity index (χ2n) is 6.53. The topological polar surface area (TPSA) is 71.0 Å². The summed E-state index contributed by atoms with van der Waals surface area (Å²) in [4.78, 5) is 12.4. The van der Waals surface area contributed by atoms with E-state index in [9.17, 15) is 0 Å². The number of benzene rings is 1. The molecule has 2 N–H and O–H groups in total. The molecule has 0 aliphatic heterocycles. The van der Waals surface area contributed by atoms with Gasteiger partial charge in [-0.05, 0) is 45.6 Å². The summed E-state index contributed by atoms with van der Waals surface area (Å²) in [6, 6.07) is 6.17. The van der Waals surface area contributed by atoms with Crippen LogP contribution in [0.1, 0.15) is 28.4 Å². The fourth-order valence-corrected chi connectivity index (χ4v) is 3.53. The van der Waals surface area contributed by atoms with E-state index in [1.165, 1.54) is 4.88 Å². The Hall–Kier alpha value is -1.59. The van der Waals surface area contributed by atoms with E-state index in [1.54, 1.807) is 25.6 Å². The first-order valence-corrected chi connectivity index (χ1v) is 10.1. The second-order valence-corrected chi connectivity index (χ2v) is 7.85. The van der Waals surface area contributed by atoms with Gasteiger partial charge in [0.15, 0.2) is 17.5 Å². The average Bonchev–Trinajstić information content (AvgIpc) is 3.10. The second kappa shape index (κ2) is 12.9. The van der Waals surface area contributed by atoms with E-state index in [4.69, 9.17) is 9.47 Å². The van der Waals surface area contributed by atoms with Crippen molar-refractivity contribution in [3.63, 3.8) is 0 Å². The first-order valence-electron chi connectivity index (χ1n) is 9.30. The van der Waals surface area contributed by atoms with E-state index in [0.717, 1.165) is 34.6 Å². The number of aromatic nitrogens is 1. The molecule has 0 aliphatic carbocycles. The normalized spacial score (nSPS) is 12.3. The largest absolute Gasteiger partial charge is 0.493 e. The summed E-state index contributed by atoms with van der Waals surface area (Å²) >= 11 is 1.67. The highest BCUT2D eigenvalue weighted by molar-refractivity contribution is 14.0. The van der Waals surface area contributed by atoms with E-state index in [-0.39, 0.29) is 30.0 Å². The fourth-order valence-electron chi connectivity index (χ4n) is 2.81. The Balaban J connectivity index is 0.00000420. The predicted molar refractivity (Wildman–Crippen MR) is 131 cm³/mol. The number of hydrogen-bond acceptors (Lipinski definition) is 6. The molecule has 0 spiro atoms. The minimum Gasteiger partial charge on any atom is -0.493 e. The number of guanidine groups is 1. The molecule has 1 aromatic heterocycles. The summed E-state index contributed by atoms with van der Waals surface area (Å²) in [6.45, 7) is 6.18. The molecule has 1 aromatic carbocycles. The molecule has 7 nitrogen and oxygen atoms in total. The first-order chi connectivity index (χ1) is 13.5. The third kappa shape index (κ3) is 7.63. The molecule has 29 heavy (non-hydrogen) atoms. The van der Waals surface area contributed by atoms with Crippen LogP contribution in [0.4, 0.5) is 0 Å². The number of methoxy groups -OCH3 is 2. The molecule has 2 rings (SSSR count). The van der Waals surface area contributed by atoms with Gasteiger partial charge in [0.05, 0.1) is 26.8 Å². The van der Waals surface area contributed by atoms with Crippen LogP contribution in [0.15, 0.2) is 29.4 Å². The molecule has 1 atom stereocenters. The molecule has 0 bridgehead atoms. The number of ether oxygens (including phenoxy) is 2. The molecule has 0 radical (unpaired) electrons. The first kappa shape index (κ1) is 25.4. The van der Waals surface area contributed by atoms with E-state index < -0.39 is 0 Å². The van der Waals surface area contributed by atoms with Gasteiger partial charge in [-0.3, -0.25) is 0 Å². The maximum absolute atomic E-state index is 5.45. The highest BCUT2D eigenvalue weighted by atomic mass is 127. The van der Waals surface area contributed by atoms with Crippen LogP contribution in [-0.4, -0.2) is 57.2 Å². The Kier molecular flexibility index (Phi) is 11.3.